The van der Waals surface area contributed by atoms with Gasteiger partial charge in [-0.15, -0.1) is 11.3 Å². The number of aliphatic hydroxyl groups is 1. The molecule has 3 aromatic rings. The van der Waals surface area contributed by atoms with Crippen LogP contribution >= 0.6 is 11.3 Å². The molecule has 4 rings (SSSR count). The summed E-state index contributed by atoms with van der Waals surface area (Å²) in [6, 6.07) is 6.08. The molecule has 25 heavy (non-hydrogen) atoms. The van der Waals surface area contributed by atoms with E-state index in [1.807, 2.05) is 42.9 Å². The lowest BCUT2D eigenvalue weighted by Crippen LogP contribution is -2.21. The number of likely N-dealkylation sites (tertiary alicyclic amines) is 1. The smallest absolute Gasteiger partial charge is 0.169 e. The third-order valence-corrected chi connectivity index (χ3v) is 5.43. The molecule has 0 aromatic carbocycles. The molecule has 0 saturated carbocycles. The Labute approximate surface area is 150 Å². The van der Waals surface area contributed by atoms with Gasteiger partial charge < -0.3 is 5.11 Å². The minimum absolute atomic E-state index is 0.217. The van der Waals surface area contributed by atoms with Gasteiger partial charge in [0.25, 0.3) is 0 Å². The molecular formula is C18H21N5OS. The Balaban J connectivity index is 1.37. The molecule has 1 aliphatic heterocycles. The van der Waals surface area contributed by atoms with Crippen LogP contribution < -0.4 is 0 Å². The number of nitrogens with one attached hydrogen (secondary N) is 1. The molecule has 7 heteroatoms. The summed E-state index contributed by atoms with van der Waals surface area (Å²) in [4.78, 5) is 12.3. The molecule has 1 saturated heterocycles. The van der Waals surface area contributed by atoms with Crippen LogP contribution in [-0.2, 0) is 13.0 Å². The quantitative estimate of drug-likeness (QED) is 0.734. The third-order valence-electron chi connectivity index (χ3n) is 4.57. The van der Waals surface area contributed by atoms with E-state index in [4.69, 9.17) is 0 Å². The maximum absolute atomic E-state index is 10.4. The molecule has 2 N–H and O–H groups in total. The summed E-state index contributed by atoms with van der Waals surface area (Å²) in [5, 5.41) is 19.6. The SMILES string of the molecule is Cc1cc(CC2CN(Cc3cnc(-c4cccs4)nc3)CC2O)n[nH]1. The molecule has 0 amide bonds. The fourth-order valence-corrected chi connectivity index (χ4v) is 4.02. The number of hydrogen-bond acceptors (Lipinski definition) is 6. The second-order valence-corrected chi connectivity index (χ2v) is 7.61. The Hall–Kier alpha value is -2.09. The van der Waals surface area contributed by atoms with E-state index < -0.39 is 0 Å². The zero-order chi connectivity index (χ0) is 17.2. The number of β-amino-alcohol motifs (C(OH)–C–C–N with tert-alkyl or cyclic N) is 1. The average molecular weight is 355 g/mol. The number of thiophene rings is 1. The number of nitrogens with zero attached hydrogens (tertiary/aromatic N) is 4. The maximum Gasteiger partial charge on any atom is 0.169 e. The number of aromatic nitrogens is 4. The normalized spacial score (nSPS) is 21.0. The van der Waals surface area contributed by atoms with Gasteiger partial charge in [0.05, 0.1) is 16.7 Å². The van der Waals surface area contributed by atoms with Gasteiger partial charge in [-0.3, -0.25) is 10.00 Å². The van der Waals surface area contributed by atoms with Crippen molar-refractivity contribution in [2.75, 3.05) is 13.1 Å². The topological polar surface area (TPSA) is 77.9 Å². The van der Waals surface area contributed by atoms with Crippen molar-refractivity contribution in [2.45, 2.75) is 26.0 Å². The molecule has 2 atom stereocenters. The van der Waals surface area contributed by atoms with Crippen LogP contribution in [0.1, 0.15) is 17.0 Å². The molecular weight excluding hydrogens is 334 g/mol. The molecule has 0 bridgehead atoms. The van der Waals surface area contributed by atoms with Gasteiger partial charge in [0, 0.05) is 49.2 Å². The predicted octanol–water partition coefficient (Wildman–Crippen LogP) is 2.27. The average Bonchev–Trinajstić information content (AvgIpc) is 3.32. The first-order valence-corrected chi connectivity index (χ1v) is 9.31. The van der Waals surface area contributed by atoms with E-state index in [-0.39, 0.29) is 12.0 Å². The molecule has 0 radical (unpaired) electrons. The van der Waals surface area contributed by atoms with Crippen LogP contribution in [0.25, 0.3) is 10.7 Å². The van der Waals surface area contributed by atoms with Crippen molar-refractivity contribution >= 4 is 11.3 Å². The number of hydrogen-bond donors (Lipinski definition) is 2. The van der Waals surface area contributed by atoms with E-state index in [0.29, 0.717) is 6.54 Å². The van der Waals surface area contributed by atoms with Crippen molar-refractivity contribution in [1.29, 1.82) is 0 Å². The number of aryl methyl sites for hydroxylation is 1. The van der Waals surface area contributed by atoms with E-state index in [9.17, 15) is 5.11 Å². The highest BCUT2D eigenvalue weighted by atomic mass is 32.1. The molecule has 1 fully saturated rings. The third kappa shape index (κ3) is 3.78. The molecule has 2 unspecified atom stereocenters. The van der Waals surface area contributed by atoms with E-state index in [1.54, 1.807) is 11.3 Å². The Kier molecular flexibility index (Phi) is 4.61. The summed E-state index contributed by atoms with van der Waals surface area (Å²) in [5.74, 6) is 0.987. The Morgan fingerprint density at radius 3 is 2.84 bits per heavy atom. The molecule has 0 aliphatic carbocycles. The maximum atomic E-state index is 10.4. The van der Waals surface area contributed by atoms with Gasteiger partial charge in [0.1, 0.15) is 0 Å². The van der Waals surface area contributed by atoms with Gasteiger partial charge in [-0.05, 0) is 30.9 Å². The monoisotopic (exact) mass is 355 g/mol. The fraction of sp³-hybridized carbons (Fsp3) is 0.389. The molecule has 0 spiro atoms. The first kappa shape index (κ1) is 16.4. The summed E-state index contributed by atoms with van der Waals surface area (Å²) in [6.07, 6.45) is 4.26. The van der Waals surface area contributed by atoms with Crippen LogP contribution in [0.15, 0.2) is 36.0 Å². The van der Waals surface area contributed by atoms with Crippen LogP contribution in [-0.4, -0.2) is 49.4 Å². The molecule has 3 aromatic heterocycles. The highest BCUT2D eigenvalue weighted by Gasteiger charge is 2.31. The predicted molar refractivity (Wildman–Crippen MR) is 97.1 cm³/mol. The lowest BCUT2D eigenvalue weighted by molar-refractivity contribution is 0.140. The minimum Gasteiger partial charge on any atom is -0.391 e. The second kappa shape index (κ2) is 7.03. The number of aliphatic hydroxyl groups excluding tert-OH is 1. The lowest BCUT2D eigenvalue weighted by Gasteiger charge is -2.15. The largest absolute Gasteiger partial charge is 0.391 e. The van der Waals surface area contributed by atoms with Gasteiger partial charge in [0.15, 0.2) is 5.82 Å². The van der Waals surface area contributed by atoms with Crippen molar-refractivity contribution < 1.29 is 5.11 Å². The van der Waals surface area contributed by atoms with Gasteiger partial charge in [-0.1, -0.05) is 6.07 Å². The lowest BCUT2D eigenvalue weighted by atomic mass is 10.0. The number of H-pyrrole nitrogens is 1. The van der Waals surface area contributed by atoms with Crippen LogP contribution in [0.3, 0.4) is 0 Å². The summed E-state index contributed by atoms with van der Waals surface area (Å²) in [6.45, 7) is 4.30. The van der Waals surface area contributed by atoms with Crippen LogP contribution in [0.2, 0.25) is 0 Å². The minimum atomic E-state index is -0.316. The van der Waals surface area contributed by atoms with E-state index in [0.717, 1.165) is 47.2 Å². The fourth-order valence-electron chi connectivity index (χ4n) is 3.35. The summed E-state index contributed by atoms with van der Waals surface area (Å²) in [7, 11) is 0. The van der Waals surface area contributed by atoms with E-state index in [2.05, 4.69) is 25.1 Å². The molecule has 6 nitrogen and oxygen atoms in total. The van der Waals surface area contributed by atoms with Crippen molar-refractivity contribution in [3.63, 3.8) is 0 Å². The first-order chi connectivity index (χ1) is 12.2. The second-order valence-electron chi connectivity index (χ2n) is 6.66. The first-order valence-electron chi connectivity index (χ1n) is 8.43. The van der Waals surface area contributed by atoms with Crippen molar-refractivity contribution in [3.05, 3.63) is 52.9 Å². The van der Waals surface area contributed by atoms with Crippen molar-refractivity contribution in [3.8, 4) is 10.7 Å². The standard InChI is InChI=1S/C18H21N5OS/c1-12-5-15(22-21-12)6-14-10-23(11-16(14)24)9-13-7-19-18(20-8-13)17-3-2-4-25-17/h2-5,7-8,14,16,24H,6,9-11H2,1H3,(H,21,22). The van der Waals surface area contributed by atoms with Crippen molar-refractivity contribution in [1.82, 2.24) is 25.1 Å². The Morgan fingerprint density at radius 1 is 1.32 bits per heavy atom. The number of aromatic amines is 1. The highest BCUT2D eigenvalue weighted by molar-refractivity contribution is 7.13. The highest BCUT2D eigenvalue weighted by Crippen LogP contribution is 2.24. The van der Waals surface area contributed by atoms with Gasteiger partial charge in [-0.25, -0.2) is 9.97 Å². The molecule has 1 aliphatic rings. The summed E-state index contributed by atoms with van der Waals surface area (Å²) in [5.41, 5.74) is 3.15. The van der Waals surface area contributed by atoms with Gasteiger partial charge in [0.2, 0.25) is 0 Å². The Morgan fingerprint density at radius 2 is 2.16 bits per heavy atom. The summed E-state index contributed by atoms with van der Waals surface area (Å²) >= 11 is 1.64. The summed E-state index contributed by atoms with van der Waals surface area (Å²) < 4.78 is 0. The van der Waals surface area contributed by atoms with Gasteiger partial charge in [-0.2, -0.15) is 5.10 Å². The van der Waals surface area contributed by atoms with E-state index in [1.165, 1.54) is 0 Å². The molecule has 130 valence electrons. The van der Waals surface area contributed by atoms with E-state index >= 15 is 0 Å². The number of rotatable bonds is 5. The van der Waals surface area contributed by atoms with Crippen molar-refractivity contribution in [2.24, 2.45) is 5.92 Å². The Bertz CT molecular complexity index is 814. The van der Waals surface area contributed by atoms with Crippen LogP contribution in [0, 0.1) is 12.8 Å². The molecule has 4 heterocycles. The van der Waals surface area contributed by atoms with Crippen LogP contribution in [0.5, 0.6) is 0 Å². The zero-order valence-corrected chi connectivity index (χ0v) is 14.9. The zero-order valence-electron chi connectivity index (χ0n) is 14.1. The van der Waals surface area contributed by atoms with Gasteiger partial charge >= 0.3 is 0 Å². The van der Waals surface area contributed by atoms with Crippen LogP contribution in [0.4, 0.5) is 0 Å².